The zero-order valence-electron chi connectivity index (χ0n) is 9.91. The summed E-state index contributed by atoms with van der Waals surface area (Å²) in [5, 5.41) is 11.9. The Balaban J connectivity index is 1.67. The van der Waals surface area contributed by atoms with Gasteiger partial charge in [0.2, 0.25) is 0 Å². The Morgan fingerprint density at radius 3 is 3.06 bits per heavy atom. The summed E-state index contributed by atoms with van der Waals surface area (Å²) in [5.74, 6) is 1.10. The predicted octanol–water partition coefficient (Wildman–Crippen LogP) is 0.265. The van der Waals surface area contributed by atoms with E-state index in [1.54, 1.807) is 6.20 Å². The number of ether oxygens (including phenoxy) is 1. The van der Waals surface area contributed by atoms with Crippen LogP contribution in [0.2, 0.25) is 0 Å². The Morgan fingerprint density at radius 2 is 2.33 bits per heavy atom. The molecule has 4 unspecified atom stereocenters. The third-order valence-electron chi connectivity index (χ3n) is 3.76. The molecule has 1 aliphatic heterocycles. The first-order chi connectivity index (χ1) is 8.79. The Labute approximate surface area is 105 Å². The fraction of sp³-hybridized carbons (Fsp3) is 0.583. The molecular formula is C12H15N5O. The normalized spacial score (nSPS) is 34.0. The maximum Gasteiger partial charge on any atom is 0.158 e. The van der Waals surface area contributed by atoms with Crippen molar-refractivity contribution in [1.29, 1.82) is 5.26 Å². The van der Waals surface area contributed by atoms with Crippen LogP contribution in [0.25, 0.3) is 0 Å². The number of nitrogens with zero attached hydrogens (tertiary/aromatic N) is 3. The highest BCUT2D eigenvalue weighted by Gasteiger charge is 2.50. The van der Waals surface area contributed by atoms with Gasteiger partial charge in [-0.25, -0.2) is 9.97 Å². The Hall–Kier alpha value is -1.71. The van der Waals surface area contributed by atoms with Crippen molar-refractivity contribution in [2.45, 2.75) is 31.0 Å². The summed E-state index contributed by atoms with van der Waals surface area (Å²) in [7, 11) is 0. The van der Waals surface area contributed by atoms with E-state index in [1.165, 1.54) is 6.20 Å². The third kappa shape index (κ3) is 1.82. The fourth-order valence-electron chi connectivity index (χ4n) is 2.76. The van der Waals surface area contributed by atoms with Crippen LogP contribution in [-0.4, -0.2) is 34.8 Å². The standard InChI is InChI=1S/C12H15N5O/c13-4-7-5-16-9(6-15-7)17-11-10(14)8-2-1-3-18-12(8)11/h5-6,8,10-12H,1-3,14H2,(H,16,17). The second-order valence-corrected chi connectivity index (χ2v) is 4.79. The van der Waals surface area contributed by atoms with Gasteiger partial charge >= 0.3 is 0 Å². The van der Waals surface area contributed by atoms with Gasteiger partial charge in [0, 0.05) is 18.6 Å². The van der Waals surface area contributed by atoms with Gasteiger partial charge in [-0.3, -0.25) is 0 Å². The van der Waals surface area contributed by atoms with E-state index in [2.05, 4.69) is 15.3 Å². The molecule has 1 aromatic heterocycles. The maximum atomic E-state index is 8.65. The Bertz CT molecular complexity index is 468. The van der Waals surface area contributed by atoms with Crippen LogP contribution in [0, 0.1) is 17.2 Å². The second kappa shape index (κ2) is 4.52. The van der Waals surface area contributed by atoms with Gasteiger partial charge < -0.3 is 15.8 Å². The number of hydrogen-bond donors (Lipinski definition) is 2. The van der Waals surface area contributed by atoms with E-state index in [1.807, 2.05) is 6.07 Å². The van der Waals surface area contributed by atoms with E-state index >= 15 is 0 Å². The average molecular weight is 245 g/mol. The minimum atomic E-state index is 0.0949. The summed E-state index contributed by atoms with van der Waals surface area (Å²) in [5.41, 5.74) is 6.45. The number of anilines is 1. The molecule has 6 heteroatoms. The Morgan fingerprint density at radius 1 is 1.44 bits per heavy atom. The molecule has 2 fully saturated rings. The van der Waals surface area contributed by atoms with Crippen molar-refractivity contribution >= 4 is 5.82 Å². The van der Waals surface area contributed by atoms with E-state index in [-0.39, 0.29) is 18.2 Å². The van der Waals surface area contributed by atoms with E-state index in [9.17, 15) is 0 Å². The molecule has 0 radical (unpaired) electrons. The van der Waals surface area contributed by atoms with Gasteiger partial charge in [-0.2, -0.15) is 5.26 Å². The number of nitrogens with one attached hydrogen (secondary N) is 1. The lowest BCUT2D eigenvalue weighted by Crippen LogP contribution is -2.69. The highest BCUT2D eigenvalue weighted by molar-refractivity contribution is 5.37. The molecule has 0 aromatic carbocycles. The minimum absolute atomic E-state index is 0.0949. The molecule has 1 aliphatic carbocycles. The molecule has 6 nitrogen and oxygen atoms in total. The van der Waals surface area contributed by atoms with E-state index in [0.717, 1.165) is 19.4 Å². The van der Waals surface area contributed by atoms with Crippen molar-refractivity contribution in [3.63, 3.8) is 0 Å². The first-order valence-corrected chi connectivity index (χ1v) is 6.15. The maximum absolute atomic E-state index is 8.65. The van der Waals surface area contributed by atoms with Crippen LogP contribution in [0.1, 0.15) is 18.5 Å². The number of aromatic nitrogens is 2. The number of fused-ring (bicyclic) bond motifs is 1. The summed E-state index contributed by atoms with van der Waals surface area (Å²) in [6.45, 7) is 0.811. The molecule has 4 atom stereocenters. The topological polar surface area (TPSA) is 96.9 Å². The molecule has 94 valence electrons. The van der Waals surface area contributed by atoms with Crippen LogP contribution < -0.4 is 11.1 Å². The first kappa shape index (κ1) is 11.4. The monoisotopic (exact) mass is 245 g/mol. The molecule has 0 spiro atoms. The highest BCUT2D eigenvalue weighted by Crippen LogP contribution is 2.38. The van der Waals surface area contributed by atoms with Gasteiger partial charge in [0.15, 0.2) is 5.69 Å². The molecule has 0 amide bonds. The smallest absolute Gasteiger partial charge is 0.158 e. The summed E-state index contributed by atoms with van der Waals surface area (Å²) in [6.07, 6.45) is 5.43. The van der Waals surface area contributed by atoms with Gasteiger partial charge in [0.25, 0.3) is 0 Å². The van der Waals surface area contributed by atoms with Gasteiger partial charge in [-0.15, -0.1) is 0 Å². The molecule has 1 saturated heterocycles. The van der Waals surface area contributed by atoms with E-state index < -0.39 is 0 Å². The third-order valence-corrected chi connectivity index (χ3v) is 3.76. The molecule has 2 aliphatic rings. The molecule has 1 saturated carbocycles. The first-order valence-electron chi connectivity index (χ1n) is 6.15. The lowest BCUT2D eigenvalue weighted by molar-refractivity contribution is -0.104. The van der Waals surface area contributed by atoms with Gasteiger partial charge in [-0.05, 0) is 12.8 Å². The lowest BCUT2D eigenvalue weighted by Gasteiger charge is -2.52. The van der Waals surface area contributed by atoms with Crippen LogP contribution in [0.3, 0.4) is 0 Å². The largest absolute Gasteiger partial charge is 0.376 e. The van der Waals surface area contributed by atoms with Crippen LogP contribution in [0.15, 0.2) is 12.4 Å². The fourth-order valence-corrected chi connectivity index (χ4v) is 2.76. The number of nitriles is 1. The van der Waals surface area contributed by atoms with Crippen molar-refractivity contribution in [2.24, 2.45) is 11.7 Å². The summed E-state index contributed by atoms with van der Waals surface area (Å²) < 4.78 is 5.73. The quantitative estimate of drug-likeness (QED) is 0.776. The van der Waals surface area contributed by atoms with Crippen LogP contribution in [0.5, 0.6) is 0 Å². The molecule has 3 rings (SSSR count). The number of rotatable bonds is 2. The van der Waals surface area contributed by atoms with Crippen molar-refractivity contribution in [3.8, 4) is 6.07 Å². The molecule has 0 bridgehead atoms. The van der Waals surface area contributed by atoms with Crippen LogP contribution in [-0.2, 0) is 4.74 Å². The zero-order valence-corrected chi connectivity index (χ0v) is 9.91. The van der Waals surface area contributed by atoms with E-state index in [4.69, 9.17) is 15.7 Å². The predicted molar refractivity (Wildman–Crippen MR) is 64.6 cm³/mol. The van der Waals surface area contributed by atoms with Gasteiger partial charge in [0.1, 0.15) is 11.9 Å². The summed E-state index contributed by atoms with van der Waals surface area (Å²) >= 11 is 0. The molecule has 1 aromatic rings. The van der Waals surface area contributed by atoms with Crippen molar-refractivity contribution < 1.29 is 4.74 Å². The van der Waals surface area contributed by atoms with Crippen LogP contribution in [0.4, 0.5) is 5.82 Å². The van der Waals surface area contributed by atoms with Crippen LogP contribution >= 0.6 is 0 Å². The van der Waals surface area contributed by atoms with E-state index in [0.29, 0.717) is 17.4 Å². The van der Waals surface area contributed by atoms with Gasteiger partial charge in [0.05, 0.1) is 24.5 Å². The molecule has 2 heterocycles. The SMILES string of the molecule is N#Cc1cnc(NC2C(N)C3CCCOC32)cn1. The average Bonchev–Trinajstić information content (AvgIpc) is 2.45. The summed E-state index contributed by atoms with van der Waals surface area (Å²) in [6, 6.07) is 2.14. The highest BCUT2D eigenvalue weighted by atomic mass is 16.5. The number of nitrogens with two attached hydrogens (primary N) is 1. The van der Waals surface area contributed by atoms with Crippen molar-refractivity contribution in [3.05, 3.63) is 18.1 Å². The Kier molecular flexibility index (Phi) is 2.86. The number of hydrogen-bond acceptors (Lipinski definition) is 6. The van der Waals surface area contributed by atoms with Gasteiger partial charge in [-0.1, -0.05) is 0 Å². The summed E-state index contributed by atoms with van der Waals surface area (Å²) in [4.78, 5) is 8.11. The second-order valence-electron chi connectivity index (χ2n) is 4.79. The van der Waals surface area contributed by atoms with Crippen molar-refractivity contribution in [2.75, 3.05) is 11.9 Å². The van der Waals surface area contributed by atoms with Crippen molar-refractivity contribution in [1.82, 2.24) is 9.97 Å². The zero-order chi connectivity index (χ0) is 12.5. The lowest BCUT2D eigenvalue weighted by atomic mass is 9.69. The molecule has 18 heavy (non-hydrogen) atoms. The molecular weight excluding hydrogens is 230 g/mol. The molecule has 3 N–H and O–H groups in total. The minimum Gasteiger partial charge on any atom is -0.376 e.